The molecular weight excluding hydrogens is 238 g/mol. The minimum atomic E-state index is -0.250. The van der Waals surface area contributed by atoms with Gasteiger partial charge in [0.1, 0.15) is 6.04 Å². The summed E-state index contributed by atoms with van der Waals surface area (Å²) in [5.74, 6) is 0.0225. The van der Waals surface area contributed by atoms with Gasteiger partial charge in [0, 0.05) is 19.6 Å². The molecule has 0 saturated carbocycles. The van der Waals surface area contributed by atoms with Crippen LogP contribution in [0.2, 0.25) is 5.02 Å². The molecule has 1 unspecified atom stereocenters. The molecule has 1 aliphatic rings. The number of nitrogens with two attached hydrogens (primary N) is 1. The van der Waals surface area contributed by atoms with Crippen molar-refractivity contribution in [1.29, 1.82) is 0 Å². The average molecular weight is 254 g/mol. The highest BCUT2D eigenvalue weighted by Gasteiger charge is 2.32. The van der Waals surface area contributed by atoms with Crippen LogP contribution in [-0.2, 0) is 4.79 Å². The summed E-state index contributed by atoms with van der Waals surface area (Å²) in [5.41, 5.74) is 6.41. The lowest BCUT2D eigenvalue weighted by atomic mass is 10.1. The SMILES string of the molecule is CN1CCN(c2ccccc2Cl)C(=O)C1CN. The van der Waals surface area contributed by atoms with Crippen LogP contribution in [-0.4, -0.2) is 43.5 Å². The Bertz CT molecular complexity index is 424. The van der Waals surface area contributed by atoms with Crippen LogP contribution in [0.1, 0.15) is 0 Å². The maximum absolute atomic E-state index is 12.3. The standard InChI is InChI=1S/C12H16ClN3O/c1-15-6-7-16(12(17)11(15)8-14)10-5-3-2-4-9(10)13/h2-5,11H,6-8,14H2,1H3. The van der Waals surface area contributed by atoms with Crippen LogP contribution in [0, 0.1) is 0 Å². The van der Waals surface area contributed by atoms with Gasteiger partial charge in [-0.1, -0.05) is 23.7 Å². The number of hydrogen-bond donors (Lipinski definition) is 1. The molecule has 1 heterocycles. The number of halogens is 1. The minimum Gasteiger partial charge on any atom is -0.328 e. The Morgan fingerprint density at radius 1 is 1.41 bits per heavy atom. The van der Waals surface area contributed by atoms with Crippen LogP contribution in [0.5, 0.6) is 0 Å². The first-order valence-corrected chi connectivity index (χ1v) is 5.99. The molecule has 17 heavy (non-hydrogen) atoms. The fraction of sp³-hybridized carbons (Fsp3) is 0.417. The minimum absolute atomic E-state index is 0.0225. The summed E-state index contributed by atoms with van der Waals surface area (Å²) in [6.45, 7) is 1.78. The Labute approximate surface area is 106 Å². The molecule has 4 nitrogen and oxygen atoms in total. The quantitative estimate of drug-likeness (QED) is 0.854. The topological polar surface area (TPSA) is 49.6 Å². The van der Waals surface area contributed by atoms with E-state index in [1.165, 1.54) is 0 Å². The van der Waals surface area contributed by atoms with Crippen LogP contribution in [0.15, 0.2) is 24.3 Å². The molecule has 2 N–H and O–H groups in total. The summed E-state index contributed by atoms with van der Waals surface area (Å²) >= 11 is 6.11. The lowest BCUT2D eigenvalue weighted by molar-refractivity contribution is -0.124. The van der Waals surface area contributed by atoms with Gasteiger partial charge in [0.25, 0.3) is 0 Å². The number of carbonyl (C=O) groups is 1. The van der Waals surface area contributed by atoms with Crippen molar-refractivity contribution >= 4 is 23.2 Å². The molecule has 5 heteroatoms. The van der Waals surface area contributed by atoms with Gasteiger partial charge in [0.2, 0.25) is 5.91 Å². The Balaban J connectivity index is 2.28. The molecule has 1 saturated heterocycles. The lowest BCUT2D eigenvalue weighted by Gasteiger charge is -2.38. The van der Waals surface area contributed by atoms with E-state index in [0.29, 0.717) is 18.1 Å². The predicted molar refractivity (Wildman–Crippen MR) is 69.3 cm³/mol. The number of piperazine rings is 1. The van der Waals surface area contributed by atoms with E-state index in [-0.39, 0.29) is 11.9 Å². The number of nitrogens with zero attached hydrogens (tertiary/aromatic N) is 2. The number of carbonyl (C=O) groups excluding carboxylic acids is 1. The average Bonchev–Trinajstić information content (AvgIpc) is 2.31. The molecular formula is C12H16ClN3O. The van der Waals surface area contributed by atoms with Crippen molar-refractivity contribution in [3.63, 3.8) is 0 Å². The summed E-state index contributed by atoms with van der Waals surface area (Å²) in [4.78, 5) is 16.0. The third-order valence-corrected chi connectivity index (χ3v) is 3.45. The van der Waals surface area contributed by atoms with Crippen molar-refractivity contribution in [2.24, 2.45) is 5.73 Å². The van der Waals surface area contributed by atoms with Gasteiger partial charge >= 0.3 is 0 Å². The number of anilines is 1. The molecule has 92 valence electrons. The largest absolute Gasteiger partial charge is 0.328 e. The number of para-hydroxylation sites is 1. The molecule has 1 amide bonds. The van der Waals surface area contributed by atoms with E-state index in [1.54, 1.807) is 11.0 Å². The fourth-order valence-corrected chi connectivity index (χ4v) is 2.32. The van der Waals surface area contributed by atoms with Gasteiger partial charge in [-0.2, -0.15) is 0 Å². The highest BCUT2D eigenvalue weighted by atomic mass is 35.5. The van der Waals surface area contributed by atoms with Crippen LogP contribution in [0.3, 0.4) is 0 Å². The maximum Gasteiger partial charge on any atom is 0.245 e. The summed E-state index contributed by atoms with van der Waals surface area (Å²) in [7, 11) is 1.92. The van der Waals surface area contributed by atoms with Crippen LogP contribution in [0.25, 0.3) is 0 Å². The molecule has 0 radical (unpaired) electrons. The number of benzene rings is 1. The van der Waals surface area contributed by atoms with Crippen molar-refractivity contribution in [2.45, 2.75) is 6.04 Å². The molecule has 1 aliphatic heterocycles. The highest BCUT2D eigenvalue weighted by molar-refractivity contribution is 6.33. The Morgan fingerprint density at radius 2 is 2.12 bits per heavy atom. The molecule has 0 aromatic heterocycles. The summed E-state index contributed by atoms with van der Waals surface area (Å²) in [6.07, 6.45) is 0. The second kappa shape index (κ2) is 5.04. The Hall–Kier alpha value is -1.10. The van der Waals surface area contributed by atoms with Crippen molar-refractivity contribution < 1.29 is 4.79 Å². The van der Waals surface area contributed by atoms with E-state index in [0.717, 1.165) is 12.2 Å². The van der Waals surface area contributed by atoms with E-state index in [4.69, 9.17) is 17.3 Å². The van der Waals surface area contributed by atoms with Gasteiger partial charge in [0.15, 0.2) is 0 Å². The van der Waals surface area contributed by atoms with Gasteiger partial charge in [-0.05, 0) is 19.2 Å². The number of hydrogen-bond acceptors (Lipinski definition) is 3. The highest BCUT2D eigenvalue weighted by Crippen LogP contribution is 2.27. The van der Waals surface area contributed by atoms with Crippen molar-refractivity contribution in [1.82, 2.24) is 4.90 Å². The summed E-state index contributed by atoms with van der Waals surface area (Å²) < 4.78 is 0. The van der Waals surface area contributed by atoms with E-state index in [9.17, 15) is 4.79 Å². The normalized spacial score (nSPS) is 21.9. The lowest BCUT2D eigenvalue weighted by Crippen LogP contribution is -2.58. The Morgan fingerprint density at radius 3 is 2.76 bits per heavy atom. The van der Waals surface area contributed by atoms with E-state index < -0.39 is 0 Å². The predicted octanol–water partition coefficient (Wildman–Crippen LogP) is 0.946. The number of amides is 1. The molecule has 0 aliphatic carbocycles. The van der Waals surface area contributed by atoms with Gasteiger partial charge in [-0.15, -0.1) is 0 Å². The second-order valence-electron chi connectivity index (χ2n) is 4.17. The third-order valence-electron chi connectivity index (χ3n) is 3.13. The van der Waals surface area contributed by atoms with Crippen LogP contribution >= 0.6 is 11.6 Å². The third kappa shape index (κ3) is 2.29. The monoisotopic (exact) mass is 253 g/mol. The smallest absolute Gasteiger partial charge is 0.245 e. The van der Waals surface area contributed by atoms with Gasteiger partial charge in [-0.3, -0.25) is 9.69 Å². The first kappa shape index (κ1) is 12.4. The zero-order chi connectivity index (χ0) is 12.4. The maximum atomic E-state index is 12.3. The summed E-state index contributed by atoms with van der Waals surface area (Å²) in [6, 6.07) is 7.14. The van der Waals surface area contributed by atoms with E-state index in [2.05, 4.69) is 0 Å². The first-order valence-electron chi connectivity index (χ1n) is 5.61. The van der Waals surface area contributed by atoms with Crippen LogP contribution in [0.4, 0.5) is 5.69 Å². The van der Waals surface area contributed by atoms with Crippen molar-refractivity contribution in [2.75, 3.05) is 31.6 Å². The first-order chi connectivity index (χ1) is 8.15. The molecule has 1 fully saturated rings. The molecule has 2 rings (SSSR count). The van der Waals surface area contributed by atoms with Crippen molar-refractivity contribution in [3.8, 4) is 0 Å². The van der Waals surface area contributed by atoms with Crippen molar-refractivity contribution in [3.05, 3.63) is 29.3 Å². The fourth-order valence-electron chi connectivity index (χ4n) is 2.08. The van der Waals surface area contributed by atoms with Gasteiger partial charge in [0.05, 0.1) is 10.7 Å². The van der Waals surface area contributed by atoms with Gasteiger partial charge in [-0.25, -0.2) is 0 Å². The Kier molecular flexibility index (Phi) is 3.66. The van der Waals surface area contributed by atoms with E-state index in [1.807, 2.05) is 30.1 Å². The second-order valence-corrected chi connectivity index (χ2v) is 4.58. The molecule has 0 spiro atoms. The van der Waals surface area contributed by atoms with E-state index >= 15 is 0 Å². The number of rotatable bonds is 2. The van der Waals surface area contributed by atoms with Crippen LogP contribution < -0.4 is 10.6 Å². The summed E-state index contributed by atoms with van der Waals surface area (Å²) in [5, 5.41) is 0.598. The van der Waals surface area contributed by atoms with Gasteiger partial charge < -0.3 is 10.6 Å². The molecule has 1 aromatic carbocycles. The molecule has 1 atom stereocenters. The zero-order valence-corrected chi connectivity index (χ0v) is 10.5. The zero-order valence-electron chi connectivity index (χ0n) is 9.77. The number of likely N-dealkylation sites (N-methyl/N-ethyl adjacent to an activating group) is 1. The molecule has 1 aromatic rings. The molecule has 0 bridgehead atoms.